The molecule has 1 heteroatoms. The number of hydrogen-bond acceptors (Lipinski definition) is 1. The zero-order chi connectivity index (χ0) is 8.97. The lowest BCUT2D eigenvalue weighted by Crippen LogP contribution is -2.34. The predicted octanol–water partition coefficient (Wildman–Crippen LogP) is 2.76. The van der Waals surface area contributed by atoms with Gasteiger partial charge >= 0.3 is 0 Å². The molecule has 0 aromatic carbocycles. The highest BCUT2D eigenvalue weighted by Crippen LogP contribution is 2.15. The predicted molar refractivity (Wildman–Crippen MR) is 54.3 cm³/mol. The van der Waals surface area contributed by atoms with Crippen LogP contribution in [0.25, 0.3) is 0 Å². The molecule has 0 aromatic rings. The number of piperidine rings is 1. The number of nitrogens with zero attached hydrogens (tertiary/aromatic N) is 1. The van der Waals surface area contributed by atoms with Gasteiger partial charge in [-0.05, 0) is 37.8 Å². The number of hydrogen-bond donors (Lipinski definition) is 0. The summed E-state index contributed by atoms with van der Waals surface area (Å²) in [6.07, 6.45) is 4.29. The molecule has 1 rings (SSSR count). The van der Waals surface area contributed by atoms with E-state index in [9.17, 15) is 0 Å². The van der Waals surface area contributed by atoms with Gasteiger partial charge in [0.2, 0.25) is 0 Å². The third-order valence-electron chi connectivity index (χ3n) is 3.13. The van der Waals surface area contributed by atoms with Crippen LogP contribution in [-0.4, -0.2) is 24.5 Å². The van der Waals surface area contributed by atoms with Crippen LogP contribution >= 0.6 is 0 Å². The van der Waals surface area contributed by atoms with Gasteiger partial charge in [-0.2, -0.15) is 0 Å². The van der Waals surface area contributed by atoms with Gasteiger partial charge in [0.25, 0.3) is 0 Å². The minimum Gasteiger partial charge on any atom is -0.303 e. The molecule has 1 atom stereocenters. The summed E-state index contributed by atoms with van der Waals surface area (Å²) in [5.74, 6) is 1.70. The maximum atomic E-state index is 2.63. The minimum atomic E-state index is 0.840. The lowest BCUT2D eigenvalue weighted by molar-refractivity contribution is 0.181. The van der Waals surface area contributed by atoms with Gasteiger partial charge in [-0.1, -0.05) is 27.2 Å². The van der Waals surface area contributed by atoms with Gasteiger partial charge < -0.3 is 4.90 Å². The Kier molecular flexibility index (Phi) is 4.07. The molecule has 12 heavy (non-hydrogen) atoms. The van der Waals surface area contributed by atoms with E-state index < -0.39 is 0 Å². The zero-order valence-electron chi connectivity index (χ0n) is 8.84. The first kappa shape index (κ1) is 10.0. The van der Waals surface area contributed by atoms with E-state index in [-0.39, 0.29) is 0 Å². The highest BCUT2D eigenvalue weighted by atomic mass is 15.1. The first-order chi connectivity index (χ1) is 5.70. The summed E-state index contributed by atoms with van der Waals surface area (Å²) in [4.78, 5) is 2.63. The fourth-order valence-electron chi connectivity index (χ4n) is 1.76. The Hall–Kier alpha value is -0.0400. The van der Waals surface area contributed by atoms with Crippen molar-refractivity contribution >= 4 is 0 Å². The van der Waals surface area contributed by atoms with Crippen molar-refractivity contribution < 1.29 is 0 Å². The molecule has 72 valence electrons. The fraction of sp³-hybridized carbons (Fsp3) is 1.00. The van der Waals surface area contributed by atoms with E-state index in [4.69, 9.17) is 0 Å². The van der Waals surface area contributed by atoms with Crippen LogP contribution in [0.2, 0.25) is 0 Å². The molecule has 0 unspecified atom stereocenters. The quantitative estimate of drug-likeness (QED) is 0.628. The summed E-state index contributed by atoms with van der Waals surface area (Å²) >= 11 is 0. The highest BCUT2D eigenvalue weighted by molar-refractivity contribution is 4.68. The van der Waals surface area contributed by atoms with Crippen molar-refractivity contribution in [1.29, 1.82) is 0 Å². The Bertz CT molecular complexity index is 114. The molecule has 0 amide bonds. The van der Waals surface area contributed by atoms with Crippen molar-refractivity contribution in [2.24, 2.45) is 11.8 Å². The van der Waals surface area contributed by atoms with Gasteiger partial charge in [0.1, 0.15) is 0 Å². The minimum absolute atomic E-state index is 0.840. The molecule has 0 saturated carbocycles. The molecule has 1 aliphatic rings. The molecule has 0 aromatic heterocycles. The molecule has 1 aliphatic heterocycles. The van der Waals surface area contributed by atoms with Crippen molar-refractivity contribution in [3.63, 3.8) is 0 Å². The van der Waals surface area contributed by atoms with Crippen LogP contribution < -0.4 is 0 Å². The maximum absolute atomic E-state index is 2.63. The van der Waals surface area contributed by atoms with E-state index in [2.05, 4.69) is 25.7 Å². The molecular weight excluding hydrogens is 146 g/mol. The van der Waals surface area contributed by atoms with Crippen LogP contribution in [0.4, 0.5) is 0 Å². The lowest BCUT2D eigenvalue weighted by atomic mass is 9.96. The van der Waals surface area contributed by atoms with E-state index >= 15 is 0 Å². The molecule has 1 saturated heterocycles. The molecule has 0 aliphatic carbocycles. The van der Waals surface area contributed by atoms with Gasteiger partial charge in [0, 0.05) is 6.54 Å². The Labute approximate surface area is 77.1 Å². The smallest absolute Gasteiger partial charge is 0.000946 e. The van der Waals surface area contributed by atoms with Gasteiger partial charge in [-0.25, -0.2) is 0 Å². The molecule has 0 radical (unpaired) electrons. The molecule has 0 spiro atoms. The topological polar surface area (TPSA) is 3.24 Å². The van der Waals surface area contributed by atoms with Crippen molar-refractivity contribution in [3.8, 4) is 0 Å². The molecule has 0 bridgehead atoms. The van der Waals surface area contributed by atoms with E-state index in [1.807, 2.05) is 0 Å². The summed E-state index contributed by atoms with van der Waals surface area (Å²) in [6, 6.07) is 0. The standard InChI is InChI=1S/C11H23N/c1-10(2)11(3)9-12-7-5-4-6-8-12/h10-11H,4-9H2,1-3H3/t11-/m0/s1. The van der Waals surface area contributed by atoms with Crippen LogP contribution in [0, 0.1) is 11.8 Å². The van der Waals surface area contributed by atoms with Crippen LogP contribution in [0.5, 0.6) is 0 Å². The molecule has 0 N–H and O–H groups in total. The zero-order valence-corrected chi connectivity index (χ0v) is 8.84. The SMILES string of the molecule is CC(C)[C@@H](C)CN1CCCCC1. The van der Waals surface area contributed by atoms with E-state index in [0.717, 1.165) is 11.8 Å². The second kappa shape index (κ2) is 4.86. The average molecular weight is 169 g/mol. The van der Waals surface area contributed by atoms with Gasteiger partial charge in [-0.15, -0.1) is 0 Å². The maximum Gasteiger partial charge on any atom is 0.000946 e. The van der Waals surface area contributed by atoms with Crippen molar-refractivity contribution in [2.45, 2.75) is 40.0 Å². The van der Waals surface area contributed by atoms with E-state index in [1.54, 1.807) is 0 Å². The normalized spacial score (nSPS) is 23.0. The molecule has 1 heterocycles. The summed E-state index contributed by atoms with van der Waals surface area (Å²) in [5.41, 5.74) is 0. The van der Waals surface area contributed by atoms with Gasteiger partial charge in [0.15, 0.2) is 0 Å². The van der Waals surface area contributed by atoms with Crippen LogP contribution in [-0.2, 0) is 0 Å². The second-order valence-electron chi connectivity index (χ2n) is 4.58. The number of rotatable bonds is 3. The van der Waals surface area contributed by atoms with E-state index in [1.165, 1.54) is 38.9 Å². The fourth-order valence-corrected chi connectivity index (χ4v) is 1.76. The average Bonchev–Trinajstić information content (AvgIpc) is 2.06. The molecule has 1 fully saturated rings. The van der Waals surface area contributed by atoms with E-state index in [0.29, 0.717) is 0 Å². The van der Waals surface area contributed by atoms with Gasteiger partial charge in [-0.3, -0.25) is 0 Å². The largest absolute Gasteiger partial charge is 0.303 e. The van der Waals surface area contributed by atoms with Crippen LogP contribution in [0.1, 0.15) is 40.0 Å². The second-order valence-corrected chi connectivity index (χ2v) is 4.58. The van der Waals surface area contributed by atoms with Crippen molar-refractivity contribution in [3.05, 3.63) is 0 Å². The first-order valence-corrected chi connectivity index (χ1v) is 5.42. The molecular formula is C11H23N. The van der Waals surface area contributed by atoms with Crippen molar-refractivity contribution in [1.82, 2.24) is 4.90 Å². The Balaban J connectivity index is 2.20. The Morgan fingerprint density at radius 1 is 1.00 bits per heavy atom. The Morgan fingerprint density at radius 3 is 2.08 bits per heavy atom. The Morgan fingerprint density at radius 2 is 1.58 bits per heavy atom. The van der Waals surface area contributed by atoms with Crippen LogP contribution in [0.15, 0.2) is 0 Å². The third kappa shape index (κ3) is 3.14. The summed E-state index contributed by atoms with van der Waals surface area (Å²) in [7, 11) is 0. The first-order valence-electron chi connectivity index (χ1n) is 5.42. The summed E-state index contributed by atoms with van der Waals surface area (Å²) in [6.45, 7) is 11.0. The highest BCUT2D eigenvalue weighted by Gasteiger charge is 2.14. The number of likely N-dealkylation sites (tertiary alicyclic amines) is 1. The third-order valence-corrected chi connectivity index (χ3v) is 3.13. The summed E-state index contributed by atoms with van der Waals surface area (Å²) in [5, 5.41) is 0. The van der Waals surface area contributed by atoms with Crippen molar-refractivity contribution in [2.75, 3.05) is 19.6 Å². The molecule has 1 nitrogen and oxygen atoms in total. The van der Waals surface area contributed by atoms with Gasteiger partial charge in [0.05, 0.1) is 0 Å². The monoisotopic (exact) mass is 169 g/mol. The lowest BCUT2D eigenvalue weighted by Gasteiger charge is -2.30. The van der Waals surface area contributed by atoms with Crippen LogP contribution in [0.3, 0.4) is 0 Å². The summed E-state index contributed by atoms with van der Waals surface area (Å²) < 4.78 is 0.